The van der Waals surface area contributed by atoms with E-state index in [4.69, 9.17) is 5.73 Å². The number of carbonyl (C=O) groups excluding carboxylic acids is 3. The zero-order chi connectivity index (χ0) is 21.0. The number of fused-ring (bicyclic) bond motifs is 5. The monoisotopic (exact) mass is 419 g/mol. The van der Waals surface area contributed by atoms with E-state index in [0.717, 1.165) is 38.5 Å². The van der Waals surface area contributed by atoms with Crippen LogP contribution in [0, 0.1) is 28.6 Å². The Hall–Kier alpha value is -1.14. The molecule has 0 aliphatic heterocycles. The lowest BCUT2D eigenvalue weighted by Crippen LogP contribution is -2.58. The van der Waals surface area contributed by atoms with Gasteiger partial charge >= 0.3 is 0 Å². The van der Waals surface area contributed by atoms with Gasteiger partial charge in [0.25, 0.3) is 0 Å². The van der Waals surface area contributed by atoms with Crippen LogP contribution in [0.5, 0.6) is 0 Å². The van der Waals surface area contributed by atoms with Crippen molar-refractivity contribution in [3.05, 3.63) is 11.6 Å². The molecule has 0 bridgehead atoms. The number of Topliss-reactive ketones (excluding diaryl/α,β-unsaturated/α-hetero) is 1. The van der Waals surface area contributed by atoms with Gasteiger partial charge in [0, 0.05) is 11.8 Å². The first kappa shape index (κ1) is 21.1. The molecule has 160 valence electrons. The summed E-state index contributed by atoms with van der Waals surface area (Å²) in [6, 6.07) is 0. The third-order valence-corrected chi connectivity index (χ3v) is 10.0. The molecule has 3 unspecified atom stereocenters. The molecule has 0 radical (unpaired) electrons. The largest absolute Gasteiger partial charge is 0.381 e. The molecule has 5 nitrogen and oxygen atoms in total. The second-order valence-corrected chi connectivity index (χ2v) is 11.2. The van der Waals surface area contributed by atoms with Crippen molar-refractivity contribution in [2.24, 2.45) is 34.3 Å². The molecule has 3 saturated carbocycles. The van der Waals surface area contributed by atoms with Gasteiger partial charge < -0.3 is 10.8 Å². The Bertz CT molecular complexity index is 779. The van der Waals surface area contributed by atoms with E-state index >= 15 is 0 Å². The van der Waals surface area contributed by atoms with Crippen LogP contribution in [-0.4, -0.2) is 39.7 Å². The Labute approximate surface area is 177 Å². The number of rotatable bonds is 5. The molecule has 4 rings (SSSR count). The average molecular weight is 420 g/mol. The van der Waals surface area contributed by atoms with E-state index in [-0.39, 0.29) is 28.5 Å². The standard InChI is InChI=1S/C23H33NO4S/c1-21-8-5-15(25)11-14(21)3-4-16-17(21)6-9-22(2)18(16)7-10-23(22,28)19(26)12-29-13-20(24)27/h11,16-18,28H,3-10,12-13H2,1-2H3,(H2,24,27)/t16?,17?,18?,21-,22-,23-/m0/s1. The van der Waals surface area contributed by atoms with Crippen molar-refractivity contribution in [3.8, 4) is 0 Å². The first-order valence-electron chi connectivity index (χ1n) is 11.0. The predicted molar refractivity (Wildman–Crippen MR) is 113 cm³/mol. The van der Waals surface area contributed by atoms with Crippen LogP contribution >= 0.6 is 11.8 Å². The van der Waals surface area contributed by atoms with E-state index in [9.17, 15) is 19.5 Å². The lowest BCUT2D eigenvalue weighted by Gasteiger charge is -2.58. The third kappa shape index (κ3) is 3.13. The first-order chi connectivity index (χ1) is 13.6. The number of hydrogen-bond donors (Lipinski definition) is 2. The molecule has 3 fully saturated rings. The molecule has 0 spiro atoms. The van der Waals surface area contributed by atoms with Crippen LogP contribution in [0.1, 0.15) is 65.2 Å². The molecule has 3 N–H and O–H groups in total. The normalized spacial score (nSPS) is 43.8. The predicted octanol–water partition coefficient (Wildman–Crippen LogP) is 3.04. The summed E-state index contributed by atoms with van der Waals surface area (Å²) in [5.41, 5.74) is 4.92. The minimum Gasteiger partial charge on any atom is -0.381 e. The summed E-state index contributed by atoms with van der Waals surface area (Å²) >= 11 is 1.21. The van der Waals surface area contributed by atoms with Crippen LogP contribution in [0.4, 0.5) is 0 Å². The fourth-order valence-electron chi connectivity index (χ4n) is 7.40. The minimum absolute atomic E-state index is 0.0974. The fraction of sp³-hybridized carbons (Fsp3) is 0.783. The van der Waals surface area contributed by atoms with Gasteiger partial charge in [-0.15, -0.1) is 11.8 Å². The van der Waals surface area contributed by atoms with E-state index in [1.54, 1.807) is 0 Å². The highest BCUT2D eigenvalue weighted by Gasteiger charge is 2.65. The number of nitrogens with two attached hydrogens (primary N) is 1. The summed E-state index contributed by atoms with van der Waals surface area (Å²) in [5, 5.41) is 11.6. The molecule has 0 aromatic heterocycles. The molecular formula is C23H33NO4S. The van der Waals surface area contributed by atoms with Gasteiger partial charge in [-0.05, 0) is 74.2 Å². The Morgan fingerprint density at radius 2 is 1.83 bits per heavy atom. The van der Waals surface area contributed by atoms with Crippen molar-refractivity contribution in [2.75, 3.05) is 11.5 Å². The lowest BCUT2D eigenvalue weighted by atomic mass is 9.46. The van der Waals surface area contributed by atoms with Crippen molar-refractivity contribution in [2.45, 2.75) is 70.8 Å². The van der Waals surface area contributed by atoms with E-state index in [1.165, 1.54) is 17.3 Å². The molecular weight excluding hydrogens is 386 g/mol. The Morgan fingerprint density at radius 3 is 2.55 bits per heavy atom. The summed E-state index contributed by atoms with van der Waals surface area (Å²) in [6.07, 6.45) is 8.77. The molecule has 4 aliphatic rings. The van der Waals surface area contributed by atoms with E-state index in [2.05, 4.69) is 13.8 Å². The SMILES string of the molecule is C[C@]12CCC(=O)C=C1CCC1C2CC[C@@]2(C)C1CC[C@]2(O)C(=O)CSCC(N)=O. The van der Waals surface area contributed by atoms with Crippen molar-refractivity contribution < 1.29 is 19.5 Å². The van der Waals surface area contributed by atoms with Gasteiger partial charge in [-0.2, -0.15) is 0 Å². The quantitative estimate of drug-likeness (QED) is 0.714. The highest BCUT2D eigenvalue weighted by molar-refractivity contribution is 8.00. The van der Waals surface area contributed by atoms with Gasteiger partial charge in [0.05, 0.1) is 11.5 Å². The zero-order valence-electron chi connectivity index (χ0n) is 17.5. The van der Waals surface area contributed by atoms with Gasteiger partial charge in [0.1, 0.15) is 5.60 Å². The summed E-state index contributed by atoms with van der Waals surface area (Å²) in [5.74, 6) is 1.33. The average Bonchev–Trinajstić information content (AvgIpc) is 2.94. The molecule has 6 heteroatoms. The van der Waals surface area contributed by atoms with Gasteiger partial charge in [0.2, 0.25) is 5.91 Å². The maximum absolute atomic E-state index is 13.0. The number of carbonyl (C=O) groups is 3. The van der Waals surface area contributed by atoms with Crippen LogP contribution in [0.3, 0.4) is 0 Å². The molecule has 4 aliphatic carbocycles. The third-order valence-electron chi connectivity index (χ3n) is 9.05. The van der Waals surface area contributed by atoms with E-state index in [1.807, 2.05) is 6.08 Å². The fourth-order valence-corrected chi connectivity index (χ4v) is 8.12. The maximum Gasteiger partial charge on any atom is 0.227 e. The Kier molecular flexibility index (Phi) is 5.26. The van der Waals surface area contributed by atoms with Crippen LogP contribution in [-0.2, 0) is 14.4 Å². The molecule has 29 heavy (non-hydrogen) atoms. The van der Waals surface area contributed by atoms with Crippen molar-refractivity contribution in [1.29, 1.82) is 0 Å². The summed E-state index contributed by atoms with van der Waals surface area (Å²) < 4.78 is 0. The topological polar surface area (TPSA) is 97.5 Å². The highest BCUT2D eigenvalue weighted by atomic mass is 32.2. The second kappa shape index (κ2) is 7.23. The smallest absolute Gasteiger partial charge is 0.227 e. The molecule has 0 saturated heterocycles. The minimum atomic E-state index is -1.30. The number of ketones is 2. The number of amides is 1. The van der Waals surface area contributed by atoms with Gasteiger partial charge in [-0.25, -0.2) is 0 Å². The molecule has 0 heterocycles. The van der Waals surface area contributed by atoms with Crippen molar-refractivity contribution in [1.82, 2.24) is 0 Å². The number of primary amides is 1. The number of hydrogen-bond acceptors (Lipinski definition) is 5. The van der Waals surface area contributed by atoms with Crippen LogP contribution in [0.15, 0.2) is 11.6 Å². The molecule has 0 aromatic rings. The van der Waals surface area contributed by atoms with Crippen LogP contribution < -0.4 is 5.73 Å². The zero-order valence-corrected chi connectivity index (χ0v) is 18.4. The van der Waals surface area contributed by atoms with Gasteiger partial charge in [0.15, 0.2) is 11.6 Å². The summed E-state index contributed by atoms with van der Waals surface area (Å²) in [4.78, 5) is 36.0. The molecule has 0 aromatic carbocycles. The summed E-state index contributed by atoms with van der Waals surface area (Å²) in [7, 11) is 0. The number of allylic oxidation sites excluding steroid dienone is 1. The van der Waals surface area contributed by atoms with Crippen LogP contribution in [0.25, 0.3) is 0 Å². The highest BCUT2D eigenvalue weighted by Crippen LogP contribution is 2.67. The lowest BCUT2D eigenvalue weighted by molar-refractivity contribution is -0.159. The second-order valence-electron chi connectivity index (χ2n) is 10.2. The van der Waals surface area contributed by atoms with Crippen LogP contribution in [0.2, 0.25) is 0 Å². The van der Waals surface area contributed by atoms with Gasteiger partial charge in [-0.3, -0.25) is 14.4 Å². The summed E-state index contributed by atoms with van der Waals surface area (Å²) in [6.45, 7) is 4.47. The Morgan fingerprint density at radius 1 is 1.10 bits per heavy atom. The number of thioether (sulfide) groups is 1. The Balaban J connectivity index is 1.56. The molecule has 1 amide bonds. The first-order valence-corrected chi connectivity index (χ1v) is 12.1. The number of aliphatic hydroxyl groups is 1. The van der Waals surface area contributed by atoms with E-state index < -0.39 is 16.9 Å². The van der Waals surface area contributed by atoms with Crippen molar-refractivity contribution in [3.63, 3.8) is 0 Å². The maximum atomic E-state index is 13.0. The van der Waals surface area contributed by atoms with Gasteiger partial charge in [-0.1, -0.05) is 19.4 Å². The molecule has 6 atom stereocenters. The van der Waals surface area contributed by atoms with Crippen molar-refractivity contribution >= 4 is 29.2 Å². The van der Waals surface area contributed by atoms with E-state index in [0.29, 0.717) is 30.6 Å².